The van der Waals surface area contributed by atoms with Gasteiger partial charge >= 0.3 is 12.1 Å². The van der Waals surface area contributed by atoms with Crippen LogP contribution < -0.4 is 4.74 Å². The zero-order valence-electron chi connectivity index (χ0n) is 18.9. The molecule has 9 heteroatoms. The molecule has 0 amide bonds. The summed E-state index contributed by atoms with van der Waals surface area (Å²) >= 11 is 1.47. The minimum absolute atomic E-state index is 0.152. The molecule has 4 rings (SSSR count). The van der Waals surface area contributed by atoms with E-state index < -0.39 is 23.1 Å². The summed E-state index contributed by atoms with van der Waals surface area (Å²) in [6.07, 6.45) is -3.10. The van der Waals surface area contributed by atoms with Gasteiger partial charge in [-0.05, 0) is 60.9 Å². The number of carboxylic acid groups (broad SMARTS) is 1. The lowest BCUT2D eigenvalue weighted by Gasteiger charge is -2.26. The van der Waals surface area contributed by atoms with Crippen molar-refractivity contribution in [3.8, 4) is 16.2 Å². The van der Waals surface area contributed by atoms with Gasteiger partial charge in [-0.25, -0.2) is 0 Å². The Hall–Kier alpha value is -3.59. The molecule has 2 aromatic carbocycles. The van der Waals surface area contributed by atoms with Crippen LogP contribution in [0.1, 0.15) is 40.6 Å². The second-order valence-electron chi connectivity index (χ2n) is 8.39. The number of carboxylic acids is 1. The number of rotatable bonds is 8. The SMILES string of the molecule is Cc1cc(-c2ccc(C(F)(F)F)cc2)sc1COc1ccc([C@](C)(CC(=O)O)c2ccon2)cc1. The third kappa shape index (κ3) is 5.40. The maximum Gasteiger partial charge on any atom is 0.416 e. The van der Waals surface area contributed by atoms with Gasteiger partial charge in [0.2, 0.25) is 0 Å². The number of carbonyl (C=O) groups is 1. The fourth-order valence-electron chi connectivity index (χ4n) is 3.84. The van der Waals surface area contributed by atoms with Crippen LogP contribution in [-0.4, -0.2) is 16.2 Å². The molecule has 2 aromatic heterocycles. The van der Waals surface area contributed by atoms with E-state index in [-0.39, 0.29) is 6.42 Å². The Morgan fingerprint density at radius 2 is 1.71 bits per heavy atom. The van der Waals surface area contributed by atoms with Crippen molar-refractivity contribution in [2.24, 2.45) is 0 Å². The van der Waals surface area contributed by atoms with Crippen LogP contribution in [0, 0.1) is 6.92 Å². The lowest BCUT2D eigenvalue weighted by molar-refractivity contribution is -0.138. The predicted octanol–water partition coefficient (Wildman–Crippen LogP) is 7.09. The van der Waals surface area contributed by atoms with E-state index in [1.165, 1.54) is 29.7 Å². The van der Waals surface area contributed by atoms with Crippen molar-refractivity contribution in [2.45, 2.75) is 38.5 Å². The van der Waals surface area contributed by atoms with E-state index in [2.05, 4.69) is 5.16 Å². The summed E-state index contributed by atoms with van der Waals surface area (Å²) in [6.45, 7) is 4.03. The number of halogens is 3. The van der Waals surface area contributed by atoms with Gasteiger partial charge in [-0.3, -0.25) is 4.79 Å². The summed E-state index contributed by atoms with van der Waals surface area (Å²) in [4.78, 5) is 13.3. The number of benzene rings is 2. The van der Waals surface area contributed by atoms with Gasteiger partial charge < -0.3 is 14.4 Å². The standard InChI is InChI=1S/C26H22F3NO4S/c1-16-13-21(17-3-5-19(6-4-17)26(27,28)29)35-22(16)15-33-20-9-7-18(8-10-20)25(2,14-24(31)32)23-11-12-34-30-23/h3-13H,14-15H2,1-2H3,(H,31,32)/t25-/m0/s1. The van der Waals surface area contributed by atoms with Gasteiger partial charge in [0.25, 0.3) is 0 Å². The van der Waals surface area contributed by atoms with Crippen molar-refractivity contribution in [2.75, 3.05) is 0 Å². The third-order valence-corrected chi connectivity index (χ3v) is 7.15. The van der Waals surface area contributed by atoms with Crippen LogP contribution in [0.25, 0.3) is 10.4 Å². The van der Waals surface area contributed by atoms with Crippen LogP contribution in [-0.2, 0) is 23.0 Å². The Bertz CT molecular complexity index is 1300. The summed E-state index contributed by atoms with van der Waals surface area (Å²) in [6, 6.07) is 15.9. The first-order chi connectivity index (χ1) is 16.6. The largest absolute Gasteiger partial charge is 0.488 e. The molecule has 0 bridgehead atoms. The monoisotopic (exact) mass is 501 g/mol. The van der Waals surface area contributed by atoms with E-state index in [9.17, 15) is 23.1 Å². The van der Waals surface area contributed by atoms with E-state index in [0.29, 0.717) is 23.6 Å². The van der Waals surface area contributed by atoms with Crippen molar-refractivity contribution in [3.05, 3.63) is 94.2 Å². The molecule has 1 atom stereocenters. The van der Waals surface area contributed by atoms with E-state index in [4.69, 9.17) is 9.26 Å². The lowest BCUT2D eigenvalue weighted by Crippen LogP contribution is -2.27. The number of hydrogen-bond donors (Lipinski definition) is 1. The minimum atomic E-state index is -4.36. The molecule has 0 spiro atoms. The number of aromatic nitrogens is 1. The van der Waals surface area contributed by atoms with Gasteiger partial charge in [-0.1, -0.05) is 29.4 Å². The van der Waals surface area contributed by atoms with Gasteiger partial charge in [-0.2, -0.15) is 13.2 Å². The fraction of sp³-hybridized carbons (Fsp3) is 0.231. The molecule has 0 unspecified atom stereocenters. The van der Waals surface area contributed by atoms with Crippen LogP contribution in [0.15, 0.2) is 71.4 Å². The van der Waals surface area contributed by atoms with Crippen LogP contribution in [0.5, 0.6) is 5.75 Å². The van der Waals surface area contributed by atoms with Crippen molar-refractivity contribution in [3.63, 3.8) is 0 Å². The molecular formula is C26H22F3NO4S. The molecule has 0 aliphatic carbocycles. The Morgan fingerprint density at radius 3 is 2.29 bits per heavy atom. The summed E-state index contributed by atoms with van der Waals surface area (Å²) in [5.74, 6) is -0.344. The molecule has 5 nitrogen and oxygen atoms in total. The third-order valence-electron chi connectivity index (χ3n) is 5.89. The predicted molar refractivity (Wildman–Crippen MR) is 125 cm³/mol. The minimum Gasteiger partial charge on any atom is -0.488 e. The molecule has 0 aliphatic heterocycles. The normalized spacial score (nSPS) is 13.4. The first-order valence-electron chi connectivity index (χ1n) is 10.7. The van der Waals surface area contributed by atoms with Crippen molar-refractivity contribution < 1.29 is 32.3 Å². The second kappa shape index (κ2) is 9.58. The molecule has 4 aromatic rings. The molecule has 1 N–H and O–H groups in total. The fourth-order valence-corrected chi connectivity index (χ4v) is 4.93. The number of aryl methyl sites for hydroxylation is 1. The molecule has 0 saturated carbocycles. The maximum absolute atomic E-state index is 12.8. The molecule has 0 saturated heterocycles. The average molecular weight is 502 g/mol. The highest BCUT2D eigenvalue weighted by Gasteiger charge is 2.34. The summed E-state index contributed by atoms with van der Waals surface area (Å²) < 4.78 is 49.3. The molecule has 0 aliphatic rings. The number of ether oxygens (including phenoxy) is 1. The number of alkyl halides is 3. The topological polar surface area (TPSA) is 72.6 Å². The van der Waals surface area contributed by atoms with E-state index in [0.717, 1.165) is 33.0 Å². The van der Waals surface area contributed by atoms with Gasteiger partial charge in [0.1, 0.15) is 18.6 Å². The van der Waals surface area contributed by atoms with E-state index >= 15 is 0 Å². The number of aliphatic carboxylic acids is 1. The molecule has 0 radical (unpaired) electrons. The summed E-state index contributed by atoms with van der Waals surface area (Å²) in [7, 11) is 0. The Kier molecular flexibility index (Phi) is 6.71. The Balaban J connectivity index is 1.47. The quantitative estimate of drug-likeness (QED) is 0.279. The molecule has 2 heterocycles. The molecule has 35 heavy (non-hydrogen) atoms. The van der Waals surface area contributed by atoms with Crippen LogP contribution >= 0.6 is 11.3 Å². The van der Waals surface area contributed by atoms with Crippen molar-refractivity contribution in [1.82, 2.24) is 5.16 Å². The highest BCUT2D eigenvalue weighted by Crippen LogP contribution is 2.37. The Morgan fingerprint density at radius 1 is 1.06 bits per heavy atom. The molecule has 182 valence electrons. The highest BCUT2D eigenvalue weighted by atomic mass is 32.1. The van der Waals surface area contributed by atoms with Gasteiger partial charge in [0.15, 0.2) is 0 Å². The number of nitrogens with zero attached hydrogens (tertiary/aromatic N) is 1. The smallest absolute Gasteiger partial charge is 0.416 e. The Labute approximate surface area is 203 Å². The summed E-state index contributed by atoms with van der Waals surface area (Å²) in [5, 5.41) is 13.3. The van der Waals surface area contributed by atoms with Crippen molar-refractivity contribution >= 4 is 17.3 Å². The number of hydrogen-bond acceptors (Lipinski definition) is 5. The van der Waals surface area contributed by atoms with E-state index in [1.54, 1.807) is 25.1 Å². The van der Waals surface area contributed by atoms with Crippen LogP contribution in [0.2, 0.25) is 0 Å². The first-order valence-corrected chi connectivity index (χ1v) is 11.5. The van der Waals surface area contributed by atoms with Crippen LogP contribution in [0.4, 0.5) is 13.2 Å². The van der Waals surface area contributed by atoms with Gasteiger partial charge in [0.05, 0.1) is 17.7 Å². The first kappa shape index (κ1) is 24.5. The molecule has 0 fully saturated rings. The average Bonchev–Trinajstić information content (AvgIpc) is 3.48. The lowest BCUT2D eigenvalue weighted by atomic mass is 9.77. The second-order valence-corrected chi connectivity index (χ2v) is 9.53. The maximum atomic E-state index is 12.8. The van der Waals surface area contributed by atoms with Crippen molar-refractivity contribution in [1.29, 1.82) is 0 Å². The van der Waals surface area contributed by atoms with Gasteiger partial charge in [0, 0.05) is 21.2 Å². The number of thiophene rings is 1. The van der Waals surface area contributed by atoms with Gasteiger partial charge in [-0.15, -0.1) is 11.3 Å². The summed E-state index contributed by atoms with van der Waals surface area (Å²) in [5.41, 5.74) is 1.45. The highest BCUT2D eigenvalue weighted by molar-refractivity contribution is 7.15. The molecular weight excluding hydrogens is 479 g/mol. The van der Waals surface area contributed by atoms with E-state index in [1.807, 2.05) is 25.1 Å². The zero-order valence-corrected chi connectivity index (χ0v) is 19.7. The zero-order chi connectivity index (χ0) is 25.2. The van der Waals surface area contributed by atoms with Crippen LogP contribution in [0.3, 0.4) is 0 Å².